The van der Waals surface area contributed by atoms with E-state index in [2.05, 4.69) is 6.58 Å². The summed E-state index contributed by atoms with van der Waals surface area (Å²) in [5.41, 5.74) is 0. The number of aliphatic carboxylic acids is 1. The van der Waals surface area contributed by atoms with Gasteiger partial charge in [0.25, 0.3) is 0 Å². The molecule has 0 spiro atoms. The SMILES string of the molecule is C=CCS(=O)(=O)N[C@@H](CC)C(=O)O. The van der Waals surface area contributed by atoms with Crippen LogP contribution in [-0.2, 0) is 14.8 Å². The lowest BCUT2D eigenvalue weighted by atomic mass is 10.2. The van der Waals surface area contributed by atoms with Gasteiger partial charge >= 0.3 is 5.97 Å². The van der Waals surface area contributed by atoms with Crippen LogP contribution >= 0.6 is 0 Å². The average Bonchev–Trinajstić information content (AvgIpc) is 1.99. The van der Waals surface area contributed by atoms with Crippen molar-refractivity contribution in [1.29, 1.82) is 0 Å². The van der Waals surface area contributed by atoms with Crippen LogP contribution in [-0.4, -0.2) is 31.3 Å². The molecule has 76 valence electrons. The fourth-order valence-corrected chi connectivity index (χ4v) is 1.84. The summed E-state index contributed by atoms with van der Waals surface area (Å²) in [6, 6.07) is -1.05. The third-order valence-electron chi connectivity index (χ3n) is 1.37. The molecule has 2 N–H and O–H groups in total. The minimum absolute atomic E-state index is 0.214. The van der Waals surface area contributed by atoms with E-state index in [9.17, 15) is 13.2 Å². The Morgan fingerprint density at radius 2 is 2.23 bits per heavy atom. The first-order chi connectivity index (χ1) is 5.93. The van der Waals surface area contributed by atoms with Crippen molar-refractivity contribution in [2.75, 3.05) is 5.75 Å². The minimum atomic E-state index is -3.54. The van der Waals surface area contributed by atoms with E-state index >= 15 is 0 Å². The zero-order valence-electron chi connectivity index (χ0n) is 7.36. The van der Waals surface area contributed by atoms with Crippen LogP contribution in [0.25, 0.3) is 0 Å². The summed E-state index contributed by atoms with van der Waals surface area (Å²) in [5, 5.41) is 8.55. The van der Waals surface area contributed by atoms with Crippen molar-refractivity contribution in [2.24, 2.45) is 0 Å². The van der Waals surface area contributed by atoms with E-state index in [-0.39, 0.29) is 12.2 Å². The van der Waals surface area contributed by atoms with Gasteiger partial charge in [-0.3, -0.25) is 4.79 Å². The molecule has 0 aliphatic rings. The van der Waals surface area contributed by atoms with Gasteiger partial charge in [0.15, 0.2) is 0 Å². The van der Waals surface area contributed by atoms with Crippen LogP contribution in [0.1, 0.15) is 13.3 Å². The molecule has 6 heteroatoms. The quantitative estimate of drug-likeness (QED) is 0.598. The number of rotatable bonds is 6. The van der Waals surface area contributed by atoms with E-state index in [0.717, 1.165) is 0 Å². The number of nitrogens with one attached hydrogen (secondary N) is 1. The van der Waals surface area contributed by atoms with Crippen LogP contribution in [0.3, 0.4) is 0 Å². The van der Waals surface area contributed by atoms with Gasteiger partial charge in [0.1, 0.15) is 6.04 Å². The van der Waals surface area contributed by atoms with Crippen LogP contribution in [0.4, 0.5) is 0 Å². The maximum absolute atomic E-state index is 11.1. The molecule has 5 nitrogen and oxygen atoms in total. The Balaban J connectivity index is 4.40. The van der Waals surface area contributed by atoms with Crippen molar-refractivity contribution in [3.63, 3.8) is 0 Å². The van der Waals surface area contributed by atoms with Gasteiger partial charge in [-0.05, 0) is 6.42 Å². The van der Waals surface area contributed by atoms with E-state index in [1.165, 1.54) is 6.08 Å². The number of sulfonamides is 1. The zero-order chi connectivity index (χ0) is 10.5. The Bertz CT molecular complexity index is 283. The lowest BCUT2D eigenvalue weighted by Crippen LogP contribution is -2.41. The molecule has 0 aromatic heterocycles. The molecule has 0 aliphatic carbocycles. The molecular weight excluding hydrogens is 194 g/mol. The van der Waals surface area contributed by atoms with Crippen molar-refractivity contribution < 1.29 is 18.3 Å². The lowest BCUT2D eigenvalue weighted by Gasteiger charge is -2.10. The van der Waals surface area contributed by atoms with Gasteiger partial charge in [0.05, 0.1) is 5.75 Å². The Kier molecular flexibility index (Phi) is 4.64. The molecule has 0 saturated heterocycles. The van der Waals surface area contributed by atoms with Gasteiger partial charge in [-0.1, -0.05) is 13.0 Å². The lowest BCUT2D eigenvalue weighted by molar-refractivity contribution is -0.139. The smallest absolute Gasteiger partial charge is 0.321 e. The molecular formula is C7H13NO4S. The monoisotopic (exact) mass is 207 g/mol. The summed E-state index contributed by atoms with van der Waals surface area (Å²) in [6.45, 7) is 4.85. The predicted octanol–water partition coefficient (Wildman–Crippen LogP) is -0.0450. The highest BCUT2D eigenvalue weighted by molar-refractivity contribution is 7.89. The van der Waals surface area contributed by atoms with Crippen LogP contribution in [0.5, 0.6) is 0 Å². The molecule has 0 saturated carbocycles. The normalized spacial score (nSPS) is 13.6. The van der Waals surface area contributed by atoms with Gasteiger partial charge in [0, 0.05) is 0 Å². The van der Waals surface area contributed by atoms with Crippen molar-refractivity contribution in [3.8, 4) is 0 Å². The summed E-state index contributed by atoms with van der Waals surface area (Å²) in [7, 11) is -3.54. The highest BCUT2D eigenvalue weighted by atomic mass is 32.2. The highest BCUT2D eigenvalue weighted by Crippen LogP contribution is 1.95. The highest BCUT2D eigenvalue weighted by Gasteiger charge is 2.20. The summed E-state index contributed by atoms with van der Waals surface area (Å²) >= 11 is 0. The molecule has 13 heavy (non-hydrogen) atoms. The number of carbonyl (C=O) groups is 1. The Morgan fingerprint density at radius 3 is 2.54 bits per heavy atom. The van der Waals surface area contributed by atoms with Crippen molar-refractivity contribution >= 4 is 16.0 Å². The second-order valence-corrected chi connectivity index (χ2v) is 4.29. The molecule has 0 amide bonds. The van der Waals surface area contributed by atoms with Crippen LogP contribution in [0, 0.1) is 0 Å². The fraction of sp³-hybridized carbons (Fsp3) is 0.571. The fourth-order valence-electron chi connectivity index (χ4n) is 0.728. The summed E-state index contributed by atoms with van der Waals surface area (Å²) in [6.07, 6.45) is 1.42. The average molecular weight is 207 g/mol. The standard InChI is InChI=1S/C7H13NO4S/c1-3-5-13(11,12)8-6(4-2)7(9)10/h3,6,8H,1,4-5H2,2H3,(H,9,10)/t6-/m0/s1. The minimum Gasteiger partial charge on any atom is -0.480 e. The molecule has 0 heterocycles. The molecule has 0 aromatic rings. The molecule has 0 fully saturated rings. The summed E-state index contributed by atoms with van der Waals surface area (Å²) < 4.78 is 24.2. The van der Waals surface area contributed by atoms with Crippen molar-refractivity contribution in [3.05, 3.63) is 12.7 Å². The molecule has 0 bridgehead atoms. The first-order valence-corrected chi connectivity index (χ1v) is 5.42. The molecule has 0 aliphatic heterocycles. The van der Waals surface area contributed by atoms with Crippen molar-refractivity contribution in [2.45, 2.75) is 19.4 Å². The van der Waals surface area contributed by atoms with E-state index in [0.29, 0.717) is 0 Å². The Labute approximate surface area is 77.5 Å². The van der Waals surface area contributed by atoms with E-state index in [1.807, 2.05) is 4.72 Å². The predicted molar refractivity (Wildman–Crippen MR) is 48.8 cm³/mol. The van der Waals surface area contributed by atoms with Gasteiger partial charge < -0.3 is 5.11 Å². The van der Waals surface area contributed by atoms with Gasteiger partial charge in [-0.25, -0.2) is 13.1 Å². The summed E-state index contributed by atoms with van der Waals surface area (Å²) in [5.74, 6) is -1.44. The molecule has 0 radical (unpaired) electrons. The third kappa shape index (κ3) is 4.64. The second-order valence-electron chi connectivity index (χ2n) is 2.49. The van der Waals surface area contributed by atoms with E-state index in [1.54, 1.807) is 6.92 Å². The first-order valence-electron chi connectivity index (χ1n) is 3.76. The zero-order valence-corrected chi connectivity index (χ0v) is 8.17. The number of hydrogen-bond donors (Lipinski definition) is 2. The van der Waals surface area contributed by atoms with E-state index in [4.69, 9.17) is 5.11 Å². The number of carboxylic acids is 1. The maximum Gasteiger partial charge on any atom is 0.321 e. The number of hydrogen-bond acceptors (Lipinski definition) is 3. The maximum atomic E-state index is 11.1. The largest absolute Gasteiger partial charge is 0.480 e. The van der Waals surface area contributed by atoms with Gasteiger partial charge in [-0.15, -0.1) is 6.58 Å². The summed E-state index contributed by atoms with van der Waals surface area (Å²) in [4.78, 5) is 10.5. The van der Waals surface area contributed by atoms with E-state index < -0.39 is 22.0 Å². The molecule has 0 unspecified atom stereocenters. The molecule has 0 aromatic carbocycles. The number of carboxylic acid groups (broad SMARTS) is 1. The van der Waals surface area contributed by atoms with Crippen LogP contribution in [0.2, 0.25) is 0 Å². The first kappa shape index (κ1) is 12.1. The molecule has 0 rings (SSSR count). The second kappa shape index (κ2) is 4.98. The van der Waals surface area contributed by atoms with Gasteiger partial charge in [0.2, 0.25) is 10.0 Å². The van der Waals surface area contributed by atoms with Crippen LogP contribution < -0.4 is 4.72 Å². The van der Waals surface area contributed by atoms with Crippen molar-refractivity contribution in [1.82, 2.24) is 4.72 Å². The van der Waals surface area contributed by atoms with Crippen LogP contribution in [0.15, 0.2) is 12.7 Å². The Morgan fingerprint density at radius 1 is 1.69 bits per heavy atom. The molecule has 1 atom stereocenters. The van der Waals surface area contributed by atoms with Gasteiger partial charge in [-0.2, -0.15) is 0 Å². The topological polar surface area (TPSA) is 83.5 Å². The Hall–Kier alpha value is -0.880. The third-order valence-corrected chi connectivity index (χ3v) is 2.68.